The van der Waals surface area contributed by atoms with Gasteiger partial charge in [0.25, 0.3) is 0 Å². The van der Waals surface area contributed by atoms with Crippen LogP contribution in [0.15, 0.2) is 0 Å². The number of aromatic nitrogens is 2. The molecule has 1 aliphatic heterocycles. The molecule has 1 saturated heterocycles. The smallest absolute Gasteiger partial charge is 0.205 e. The van der Waals surface area contributed by atoms with Gasteiger partial charge >= 0.3 is 0 Å². The molecule has 2 aliphatic rings. The lowest BCUT2D eigenvalue weighted by Crippen LogP contribution is -2.47. The van der Waals surface area contributed by atoms with Crippen molar-refractivity contribution in [1.29, 1.82) is 0 Å². The van der Waals surface area contributed by atoms with Crippen molar-refractivity contribution in [2.75, 3.05) is 31.1 Å². The van der Waals surface area contributed by atoms with E-state index in [-0.39, 0.29) is 6.10 Å². The molecule has 1 aliphatic carbocycles. The van der Waals surface area contributed by atoms with Crippen LogP contribution in [-0.2, 0) is 0 Å². The van der Waals surface area contributed by atoms with Gasteiger partial charge in [-0.3, -0.25) is 4.90 Å². The lowest BCUT2D eigenvalue weighted by atomic mass is 9.91. The van der Waals surface area contributed by atoms with Gasteiger partial charge in [-0.25, -0.2) is 4.98 Å². The van der Waals surface area contributed by atoms with E-state index in [1.54, 1.807) is 0 Å². The summed E-state index contributed by atoms with van der Waals surface area (Å²) in [6.07, 6.45) is 5.58. The number of nitrogens with zero attached hydrogens (tertiary/aromatic N) is 4. The molecule has 2 heterocycles. The highest BCUT2D eigenvalue weighted by Gasteiger charge is 2.30. The molecule has 3 rings (SSSR count). The maximum atomic E-state index is 10.2. The zero-order valence-electron chi connectivity index (χ0n) is 12.2. The Morgan fingerprint density at radius 1 is 1.10 bits per heavy atom. The van der Waals surface area contributed by atoms with Crippen LogP contribution in [0.1, 0.15) is 37.9 Å². The van der Waals surface area contributed by atoms with Crippen molar-refractivity contribution in [3.8, 4) is 0 Å². The largest absolute Gasteiger partial charge is 0.391 e. The molecule has 1 saturated carbocycles. The summed E-state index contributed by atoms with van der Waals surface area (Å²) in [5, 5.41) is 11.3. The maximum absolute atomic E-state index is 10.2. The van der Waals surface area contributed by atoms with Gasteiger partial charge in [0.15, 0.2) is 0 Å². The van der Waals surface area contributed by atoms with Gasteiger partial charge in [-0.05, 0) is 26.2 Å². The van der Waals surface area contributed by atoms with Gasteiger partial charge < -0.3 is 10.0 Å². The predicted octanol–water partition coefficient (Wildman–Crippen LogP) is 1.66. The van der Waals surface area contributed by atoms with Crippen LogP contribution in [0.2, 0.25) is 0 Å². The molecular weight excluding hydrogens is 272 g/mol. The Bertz CT molecular complexity index is 439. The minimum atomic E-state index is -0.126. The first-order valence-electron chi connectivity index (χ1n) is 7.71. The minimum absolute atomic E-state index is 0.126. The van der Waals surface area contributed by atoms with Gasteiger partial charge in [-0.2, -0.15) is 4.37 Å². The standard InChI is InChI=1S/C14H24N4OS/c1-11-15-14(20-16-11)18-8-4-7-17(9-10-18)12-5-2-3-6-13(12)19/h12-13,19H,2-10H2,1H3. The molecule has 0 bridgehead atoms. The SMILES string of the molecule is Cc1nsc(N2CCCN(C3CCCCC3O)CC2)n1. The molecule has 1 aromatic heterocycles. The highest BCUT2D eigenvalue weighted by molar-refractivity contribution is 7.09. The molecule has 2 unspecified atom stereocenters. The molecule has 1 aromatic rings. The number of anilines is 1. The quantitative estimate of drug-likeness (QED) is 0.899. The Morgan fingerprint density at radius 3 is 2.70 bits per heavy atom. The average Bonchev–Trinajstić information content (AvgIpc) is 2.74. The van der Waals surface area contributed by atoms with Crippen LogP contribution in [0, 0.1) is 6.92 Å². The molecule has 6 heteroatoms. The van der Waals surface area contributed by atoms with Crippen LogP contribution in [0.4, 0.5) is 5.13 Å². The van der Waals surface area contributed by atoms with Crippen molar-refractivity contribution in [1.82, 2.24) is 14.3 Å². The monoisotopic (exact) mass is 296 g/mol. The Balaban J connectivity index is 1.61. The number of hydrogen-bond acceptors (Lipinski definition) is 6. The van der Waals surface area contributed by atoms with E-state index in [0.29, 0.717) is 6.04 Å². The lowest BCUT2D eigenvalue weighted by Gasteiger charge is -2.37. The van der Waals surface area contributed by atoms with Gasteiger partial charge in [-0.1, -0.05) is 12.8 Å². The Kier molecular flexibility index (Phi) is 4.53. The summed E-state index contributed by atoms with van der Waals surface area (Å²) in [5.41, 5.74) is 0. The summed E-state index contributed by atoms with van der Waals surface area (Å²) in [4.78, 5) is 9.34. The lowest BCUT2D eigenvalue weighted by molar-refractivity contribution is 0.0230. The van der Waals surface area contributed by atoms with Gasteiger partial charge in [0.1, 0.15) is 5.82 Å². The molecule has 1 N–H and O–H groups in total. The molecule has 0 spiro atoms. The first-order chi connectivity index (χ1) is 9.74. The number of hydrogen-bond donors (Lipinski definition) is 1. The molecule has 0 amide bonds. The van der Waals surface area contributed by atoms with E-state index in [4.69, 9.17) is 0 Å². The van der Waals surface area contributed by atoms with Gasteiger partial charge in [-0.15, -0.1) is 0 Å². The third kappa shape index (κ3) is 3.13. The molecule has 20 heavy (non-hydrogen) atoms. The van der Waals surface area contributed by atoms with Gasteiger partial charge in [0.05, 0.1) is 6.10 Å². The third-order valence-electron chi connectivity index (χ3n) is 4.48. The van der Waals surface area contributed by atoms with Gasteiger partial charge in [0, 0.05) is 43.8 Å². The van der Waals surface area contributed by atoms with Crippen molar-refractivity contribution in [3.63, 3.8) is 0 Å². The molecule has 2 atom stereocenters. The first-order valence-corrected chi connectivity index (χ1v) is 8.49. The van der Waals surface area contributed by atoms with Crippen LogP contribution in [0.25, 0.3) is 0 Å². The Hall–Kier alpha value is -0.720. The second-order valence-corrected chi connectivity index (χ2v) is 6.65. The molecule has 2 fully saturated rings. The zero-order valence-corrected chi connectivity index (χ0v) is 13.0. The minimum Gasteiger partial charge on any atom is -0.391 e. The predicted molar refractivity (Wildman–Crippen MR) is 81.3 cm³/mol. The van der Waals surface area contributed by atoms with Crippen LogP contribution in [0.3, 0.4) is 0 Å². The summed E-state index contributed by atoms with van der Waals surface area (Å²) in [5.74, 6) is 0.869. The number of aliphatic hydroxyl groups is 1. The maximum Gasteiger partial charge on any atom is 0.205 e. The number of aryl methyl sites for hydroxylation is 1. The van der Waals surface area contributed by atoms with Crippen molar-refractivity contribution in [2.45, 2.75) is 51.2 Å². The molecule has 112 valence electrons. The number of aliphatic hydroxyl groups excluding tert-OH is 1. The van der Waals surface area contributed by atoms with Gasteiger partial charge in [0.2, 0.25) is 5.13 Å². The highest BCUT2D eigenvalue weighted by atomic mass is 32.1. The van der Waals surface area contributed by atoms with Crippen molar-refractivity contribution >= 4 is 16.7 Å². The van der Waals surface area contributed by atoms with E-state index in [1.165, 1.54) is 24.4 Å². The van der Waals surface area contributed by atoms with Crippen LogP contribution in [-0.4, -0.2) is 57.7 Å². The summed E-state index contributed by atoms with van der Waals surface area (Å²) < 4.78 is 4.28. The van der Waals surface area contributed by atoms with E-state index in [9.17, 15) is 5.11 Å². The van der Waals surface area contributed by atoms with E-state index in [2.05, 4.69) is 19.2 Å². The summed E-state index contributed by atoms with van der Waals surface area (Å²) in [6.45, 7) is 6.12. The van der Waals surface area contributed by atoms with Crippen LogP contribution >= 0.6 is 11.5 Å². The first kappa shape index (κ1) is 14.2. The fourth-order valence-electron chi connectivity index (χ4n) is 3.39. The molecule has 0 radical (unpaired) electrons. The Morgan fingerprint density at radius 2 is 1.95 bits per heavy atom. The molecule has 0 aromatic carbocycles. The van der Waals surface area contributed by atoms with E-state index in [1.807, 2.05) is 6.92 Å². The zero-order chi connectivity index (χ0) is 13.9. The average molecular weight is 296 g/mol. The van der Waals surface area contributed by atoms with Crippen molar-refractivity contribution in [2.24, 2.45) is 0 Å². The molecule has 5 nitrogen and oxygen atoms in total. The molecular formula is C14H24N4OS. The normalized spacial score (nSPS) is 29.4. The van der Waals surface area contributed by atoms with Crippen LogP contribution < -0.4 is 4.90 Å². The topological polar surface area (TPSA) is 52.5 Å². The third-order valence-corrected chi connectivity index (χ3v) is 5.35. The van der Waals surface area contributed by atoms with E-state index < -0.39 is 0 Å². The van der Waals surface area contributed by atoms with E-state index >= 15 is 0 Å². The highest BCUT2D eigenvalue weighted by Crippen LogP contribution is 2.25. The summed E-state index contributed by atoms with van der Waals surface area (Å²) in [7, 11) is 0. The second kappa shape index (κ2) is 6.37. The summed E-state index contributed by atoms with van der Waals surface area (Å²) >= 11 is 1.50. The Labute approximate surface area is 124 Å². The number of rotatable bonds is 2. The van der Waals surface area contributed by atoms with Crippen LogP contribution in [0.5, 0.6) is 0 Å². The van der Waals surface area contributed by atoms with Crippen molar-refractivity contribution < 1.29 is 5.11 Å². The fourth-order valence-corrected chi connectivity index (χ4v) is 4.12. The van der Waals surface area contributed by atoms with E-state index in [0.717, 1.165) is 56.4 Å². The fraction of sp³-hybridized carbons (Fsp3) is 0.857. The summed E-state index contributed by atoms with van der Waals surface area (Å²) in [6, 6.07) is 0.375. The second-order valence-electron chi connectivity index (χ2n) is 5.92. The van der Waals surface area contributed by atoms with Crippen molar-refractivity contribution in [3.05, 3.63) is 5.82 Å².